The zero-order valence-electron chi connectivity index (χ0n) is 11.4. The van der Waals surface area contributed by atoms with Gasteiger partial charge in [0.15, 0.2) is 0 Å². The van der Waals surface area contributed by atoms with Gasteiger partial charge in [-0.3, -0.25) is 9.58 Å². The number of hydrogen-bond acceptors (Lipinski definition) is 4. The van der Waals surface area contributed by atoms with Crippen molar-refractivity contribution >= 4 is 0 Å². The van der Waals surface area contributed by atoms with Crippen LogP contribution < -0.4 is 5.73 Å². The third kappa shape index (κ3) is 3.54. The highest BCUT2D eigenvalue weighted by molar-refractivity contribution is 5.04. The van der Waals surface area contributed by atoms with Crippen molar-refractivity contribution < 1.29 is 4.74 Å². The number of nitrogens with two attached hydrogens (primary N) is 1. The van der Waals surface area contributed by atoms with Crippen LogP contribution in [0.1, 0.15) is 18.9 Å². The molecule has 18 heavy (non-hydrogen) atoms. The van der Waals surface area contributed by atoms with Crippen LogP contribution in [0.15, 0.2) is 12.4 Å². The average Bonchev–Trinajstić information content (AvgIpc) is 2.82. The molecular weight excluding hydrogens is 228 g/mol. The van der Waals surface area contributed by atoms with E-state index in [-0.39, 0.29) is 12.1 Å². The number of morpholine rings is 1. The summed E-state index contributed by atoms with van der Waals surface area (Å²) in [5.74, 6) is 0. The lowest BCUT2D eigenvalue weighted by Crippen LogP contribution is -2.50. The van der Waals surface area contributed by atoms with Gasteiger partial charge < -0.3 is 10.5 Å². The van der Waals surface area contributed by atoms with E-state index in [1.165, 1.54) is 5.56 Å². The molecule has 1 aromatic heterocycles. The third-order valence-electron chi connectivity index (χ3n) is 3.63. The van der Waals surface area contributed by atoms with Gasteiger partial charge >= 0.3 is 0 Å². The van der Waals surface area contributed by atoms with Crippen LogP contribution in [0.4, 0.5) is 0 Å². The van der Waals surface area contributed by atoms with E-state index in [0.29, 0.717) is 0 Å². The van der Waals surface area contributed by atoms with Gasteiger partial charge in [0.05, 0.1) is 18.9 Å². The van der Waals surface area contributed by atoms with Crippen molar-refractivity contribution in [2.24, 2.45) is 12.8 Å². The zero-order valence-corrected chi connectivity index (χ0v) is 11.4. The summed E-state index contributed by atoms with van der Waals surface area (Å²) in [6.07, 6.45) is 6.06. The number of rotatable bonds is 5. The topological polar surface area (TPSA) is 56.3 Å². The Balaban J connectivity index is 1.78. The molecule has 5 nitrogen and oxygen atoms in total. The van der Waals surface area contributed by atoms with Crippen LogP contribution in [0.3, 0.4) is 0 Å². The average molecular weight is 252 g/mol. The summed E-state index contributed by atoms with van der Waals surface area (Å²) >= 11 is 0. The quantitative estimate of drug-likeness (QED) is 0.824. The second kappa shape index (κ2) is 6.31. The molecule has 1 saturated heterocycles. The first-order valence-electron chi connectivity index (χ1n) is 6.76. The molecule has 2 atom stereocenters. The lowest BCUT2D eigenvalue weighted by molar-refractivity contribution is -0.0397. The van der Waals surface area contributed by atoms with Crippen molar-refractivity contribution in [1.82, 2.24) is 14.7 Å². The highest BCUT2D eigenvalue weighted by Crippen LogP contribution is 2.12. The Hall–Kier alpha value is -0.910. The molecule has 0 spiro atoms. The van der Waals surface area contributed by atoms with Gasteiger partial charge in [-0.25, -0.2) is 0 Å². The number of ether oxygens (including phenoxy) is 1. The zero-order chi connectivity index (χ0) is 13.0. The van der Waals surface area contributed by atoms with Gasteiger partial charge in [-0.05, 0) is 24.9 Å². The number of aromatic nitrogens is 2. The lowest BCUT2D eigenvalue weighted by atomic mass is 10.0. The van der Waals surface area contributed by atoms with E-state index in [4.69, 9.17) is 10.5 Å². The van der Waals surface area contributed by atoms with Crippen molar-refractivity contribution in [3.05, 3.63) is 18.0 Å². The Labute approximate surface area is 109 Å². The number of hydrogen-bond donors (Lipinski definition) is 1. The minimum atomic E-state index is 0.111. The smallest absolute Gasteiger partial charge is 0.0853 e. The predicted octanol–water partition coefficient (Wildman–Crippen LogP) is 0.401. The molecular formula is C13H24N4O. The summed E-state index contributed by atoms with van der Waals surface area (Å²) in [4.78, 5) is 2.40. The van der Waals surface area contributed by atoms with Crippen molar-refractivity contribution in [3.63, 3.8) is 0 Å². The Morgan fingerprint density at radius 1 is 1.61 bits per heavy atom. The minimum absolute atomic E-state index is 0.111. The van der Waals surface area contributed by atoms with Crippen LogP contribution in [0.5, 0.6) is 0 Å². The van der Waals surface area contributed by atoms with Gasteiger partial charge in [0.2, 0.25) is 0 Å². The third-order valence-corrected chi connectivity index (χ3v) is 3.63. The first kappa shape index (κ1) is 13.5. The normalized spacial score (nSPS) is 23.2. The number of aryl methyl sites for hydroxylation is 2. The monoisotopic (exact) mass is 252 g/mol. The van der Waals surface area contributed by atoms with Gasteiger partial charge in [0.1, 0.15) is 0 Å². The fourth-order valence-electron chi connectivity index (χ4n) is 2.40. The molecule has 0 aromatic carbocycles. The summed E-state index contributed by atoms with van der Waals surface area (Å²) in [6, 6.07) is 0.111. The molecule has 102 valence electrons. The van der Waals surface area contributed by atoms with E-state index >= 15 is 0 Å². The van der Waals surface area contributed by atoms with Crippen molar-refractivity contribution in [2.75, 3.05) is 26.2 Å². The molecule has 5 heteroatoms. The van der Waals surface area contributed by atoms with E-state index < -0.39 is 0 Å². The number of nitrogens with zero attached hydrogens (tertiary/aromatic N) is 3. The van der Waals surface area contributed by atoms with Crippen molar-refractivity contribution in [1.29, 1.82) is 0 Å². The molecule has 0 saturated carbocycles. The van der Waals surface area contributed by atoms with Crippen molar-refractivity contribution in [2.45, 2.75) is 31.9 Å². The largest absolute Gasteiger partial charge is 0.374 e. The first-order valence-corrected chi connectivity index (χ1v) is 6.76. The summed E-state index contributed by atoms with van der Waals surface area (Å²) in [6.45, 7) is 6.06. The Morgan fingerprint density at radius 3 is 3.11 bits per heavy atom. The maximum absolute atomic E-state index is 6.24. The van der Waals surface area contributed by atoms with Gasteiger partial charge in [-0.2, -0.15) is 5.10 Å². The van der Waals surface area contributed by atoms with E-state index in [9.17, 15) is 0 Å². The number of likely N-dealkylation sites (N-methyl/N-ethyl adjacent to an activating group) is 1. The molecule has 1 aromatic rings. The molecule has 1 aliphatic rings. The first-order chi connectivity index (χ1) is 8.69. The molecule has 0 bridgehead atoms. The van der Waals surface area contributed by atoms with Crippen molar-refractivity contribution in [3.8, 4) is 0 Å². The van der Waals surface area contributed by atoms with Crippen LogP contribution in [-0.2, 0) is 18.2 Å². The van der Waals surface area contributed by atoms with Gasteiger partial charge in [-0.1, -0.05) is 6.92 Å². The van der Waals surface area contributed by atoms with E-state index in [1.807, 2.05) is 24.1 Å². The van der Waals surface area contributed by atoms with Crippen LogP contribution in [0.2, 0.25) is 0 Å². The Bertz CT molecular complexity index is 366. The molecule has 1 fully saturated rings. The SMILES string of the molecule is CCN1CCOC(C(N)CCc2cnn(C)c2)C1. The molecule has 0 radical (unpaired) electrons. The van der Waals surface area contributed by atoms with Crippen LogP contribution in [0, 0.1) is 0 Å². The maximum atomic E-state index is 6.24. The Morgan fingerprint density at radius 2 is 2.44 bits per heavy atom. The van der Waals surface area contributed by atoms with Gasteiger partial charge in [0, 0.05) is 32.4 Å². The molecule has 2 heterocycles. The fourth-order valence-corrected chi connectivity index (χ4v) is 2.40. The highest BCUT2D eigenvalue weighted by Gasteiger charge is 2.24. The second-order valence-corrected chi connectivity index (χ2v) is 5.03. The summed E-state index contributed by atoms with van der Waals surface area (Å²) in [5, 5.41) is 4.17. The maximum Gasteiger partial charge on any atom is 0.0853 e. The molecule has 1 aliphatic heterocycles. The molecule has 0 amide bonds. The molecule has 2 N–H and O–H groups in total. The molecule has 2 unspecified atom stereocenters. The summed E-state index contributed by atoms with van der Waals surface area (Å²) in [7, 11) is 1.94. The van der Waals surface area contributed by atoms with Gasteiger partial charge in [0.25, 0.3) is 0 Å². The van der Waals surface area contributed by atoms with Crippen LogP contribution in [0.25, 0.3) is 0 Å². The van der Waals surface area contributed by atoms with E-state index in [2.05, 4.69) is 16.9 Å². The Kier molecular flexibility index (Phi) is 4.74. The van der Waals surface area contributed by atoms with Crippen LogP contribution in [-0.4, -0.2) is 53.1 Å². The fraction of sp³-hybridized carbons (Fsp3) is 0.769. The second-order valence-electron chi connectivity index (χ2n) is 5.03. The standard InChI is InChI=1S/C13H24N4O/c1-3-17-6-7-18-13(10-17)12(14)5-4-11-8-15-16(2)9-11/h8-9,12-13H,3-7,10,14H2,1-2H3. The molecule has 2 rings (SSSR count). The lowest BCUT2D eigenvalue weighted by Gasteiger charge is -2.35. The summed E-state index contributed by atoms with van der Waals surface area (Å²) in [5.41, 5.74) is 7.49. The predicted molar refractivity (Wildman–Crippen MR) is 71.4 cm³/mol. The van der Waals surface area contributed by atoms with E-state index in [1.54, 1.807) is 0 Å². The molecule has 0 aliphatic carbocycles. The van der Waals surface area contributed by atoms with Crippen LogP contribution >= 0.6 is 0 Å². The summed E-state index contributed by atoms with van der Waals surface area (Å²) < 4.78 is 7.61. The van der Waals surface area contributed by atoms with E-state index in [0.717, 1.165) is 39.1 Å². The highest BCUT2D eigenvalue weighted by atomic mass is 16.5. The minimum Gasteiger partial charge on any atom is -0.374 e. The van der Waals surface area contributed by atoms with Gasteiger partial charge in [-0.15, -0.1) is 0 Å².